The number of ketones is 1. The number of hydrogen-bond acceptors (Lipinski definition) is 5. The van der Waals surface area contributed by atoms with Gasteiger partial charge in [0.05, 0.1) is 25.3 Å². The second-order valence-electron chi connectivity index (χ2n) is 9.16. The minimum atomic E-state index is -0.660. The number of aryl methyl sites for hydroxylation is 1. The summed E-state index contributed by atoms with van der Waals surface area (Å²) in [7, 11) is 1.59. The van der Waals surface area contributed by atoms with E-state index in [0.717, 1.165) is 36.1 Å². The Bertz CT molecular complexity index is 1050. The number of benzene rings is 2. The van der Waals surface area contributed by atoms with Crippen LogP contribution >= 0.6 is 0 Å². The van der Waals surface area contributed by atoms with E-state index < -0.39 is 17.7 Å². The number of unbranched alkanes of at least 4 members (excludes halogenated alkanes) is 2. The first-order valence-corrected chi connectivity index (χ1v) is 11.9. The van der Waals surface area contributed by atoms with E-state index in [4.69, 9.17) is 9.47 Å². The summed E-state index contributed by atoms with van der Waals surface area (Å²) in [4.78, 5) is 27.7. The molecule has 3 rings (SSSR count). The summed E-state index contributed by atoms with van der Waals surface area (Å²) in [6.07, 6.45) is 2.74. The number of rotatable bonds is 10. The summed E-state index contributed by atoms with van der Waals surface area (Å²) >= 11 is 0. The predicted molar refractivity (Wildman–Crippen MR) is 133 cm³/mol. The van der Waals surface area contributed by atoms with E-state index in [-0.39, 0.29) is 11.3 Å². The van der Waals surface area contributed by atoms with E-state index in [1.54, 1.807) is 42.3 Å². The number of Topliss-reactive ketones (excluding diaryl/α,β-unsaturated/α-hetero) is 1. The normalized spacial score (nSPS) is 17.5. The molecule has 1 aliphatic heterocycles. The maximum absolute atomic E-state index is 13.1. The second-order valence-corrected chi connectivity index (χ2v) is 9.16. The first kappa shape index (κ1) is 25.3. The molecule has 34 heavy (non-hydrogen) atoms. The molecule has 1 saturated heterocycles. The Balaban J connectivity index is 2.05. The summed E-state index contributed by atoms with van der Waals surface area (Å²) in [5, 5.41) is 11.3. The second kappa shape index (κ2) is 11.2. The molecule has 1 fully saturated rings. The van der Waals surface area contributed by atoms with Gasteiger partial charge < -0.3 is 19.5 Å². The van der Waals surface area contributed by atoms with Crippen LogP contribution in [0.25, 0.3) is 5.76 Å². The molecule has 182 valence electrons. The van der Waals surface area contributed by atoms with Crippen molar-refractivity contribution in [3.05, 3.63) is 64.7 Å². The average molecular weight is 466 g/mol. The molecule has 0 saturated carbocycles. The van der Waals surface area contributed by atoms with E-state index in [1.165, 1.54) is 0 Å². The molecule has 6 nitrogen and oxygen atoms in total. The highest BCUT2D eigenvalue weighted by molar-refractivity contribution is 6.46. The summed E-state index contributed by atoms with van der Waals surface area (Å²) in [6, 6.07) is 11.9. The van der Waals surface area contributed by atoms with Gasteiger partial charge in [-0.05, 0) is 60.7 Å². The topological polar surface area (TPSA) is 76.1 Å². The van der Waals surface area contributed by atoms with Crippen LogP contribution in [0, 0.1) is 12.8 Å². The minimum absolute atomic E-state index is 0.113. The third-order valence-electron chi connectivity index (χ3n) is 5.99. The highest BCUT2D eigenvalue weighted by Gasteiger charge is 2.45. The lowest BCUT2D eigenvalue weighted by Crippen LogP contribution is -2.30. The first-order chi connectivity index (χ1) is 16.3. The number of aliphatic hydroxyl groups excluding tert-OH is 1. The van der Waals surface area contributed by atoms with Crippen molar-refractivity contribution in [2.75, 3.05) is 20.3 Å². The van der Waals surface area contributed by atoms with Gasteiger partial charge in [0, 0.05) is 12.1 Å². The zero-order chi connectivity index (χ0) is 24.8. The fourth-order valence-electron chi connectivity index (χ4n) is 4.15. The van der Waals surface area contributed by atoms with Gasteiger partial charge in [-0.3, -0.25) is 9.59 Å². The van der Waals surface area contributed by atoms with Gasteiger partial charge in [-0.25, -0.2) is 0 Å². The van der Waals surface area contributed by atoms with Gasteiger partial charge in [-0.15, -0.1) is 0 Å². The van der Waals surface area contributed by atoms with Gasteiger partial charge in [0.25, 0.3) is 11.7 Å². The third-order valence-corrected chi connectivity index (χ3v) is 5.99. The Labute approximate surface area is 202 Å². The van der Waals surface area contributed by atoms with Gasteiger partial charge in [0.15, 0.2) is 0 Å². The van der Waals surface area contributed by atoms with Crippen LogP contribution in [0.1, 0.15) is 62.8 Å². The number of methoxy groups -OCH3 is 1. The van der Waals surface area contributed by atoms with Crippen LogP contribution in [0.2, 0.25) is 0 Å². The molecule has 0 spiro atoms. The standard InChI is InChI=1S/C28H35NO5/c1-6-7-8-15-29-25(20-9-12-22(33-5)13-10-20)24(27(31)28(29)32)26(30)21-11-14-23(19(4)16-21)34-17-18(2)3/h9-14,16,18,25,30H,6-8,15,17H2,1-5H3/b26-24-. The van der Waals surface area contributed by atoms with Crippen molar-refractivity contribution in [2.24, 2.45) is 5.92 Å². The van der Waals surface area contributed by atoms with Gasteiger partial charge in [-0.2, -0.15) is 0 Å². The molecular formula is C28H35NO5. The van der Waals surface area contributed by atoms with E-state index in [2.05, 4.69) is 20.8 Å². The van der Waals surface area contributed by atoms with Gasteiger partial charge in [0.1, 0.15) is 17.3 Å². The summed E-state index contributed by atoms with van der Waals surface area (Å²) in [5.74, 6) is 0.396. The van der Waals surface area contributed by atoms with Crippen LogP contribution in [0.3, 0.4) is 0 Å². The van der Waals surface area contributed by atoms with Gasteiger partial charge >= 0.3 is 0 Å². The van der Waals surface area contributed by atoms with Crippen LogP contribution in [0.15, 0.2) is 48.0 Å². The largest absolute Gasteiger partial charge is 0.507 e. The van der Waals surface area contributed by atoms with Crippen molar-refractivity contribution in [2.45, 2.75) is 53.0 Å². The summed E-state index contributed by atoms with van der Waals surface area (Å²) < 4.78 is 11.1. The molecule has 1 amide bonds. The van der Waals surface area contributed by atoms with Crippen LogP contribution in [-0.2, 0) is 9.59 Å². The van der Waals surface area contributed by atoms with E-state index >= 15 is 0 Å². The first-order valence-electron chi connectivity index (χ1n) is 11.9. The van der Waals surface area contributed by atoms with Crippen molar-refractivity contribution >= 4 is 17.4 Å². The predicted octanol–water partition coefficient (Wildman–Crippen LogP) is 5.65. The molecular weight excluding hydrogens is 430 g/mol. The molecule has 2 aromatic carbocycles. The molecule has 0 aliphatic carbocycles. The Morgan fingerprint density at radius 2 is 1.79 bits per heavy atom. The average Bonchev–Trinajstić information content (AvgIpc) is 3.08. The van der Waals surface area contributed by atoms with Crippen molar-refractivity contribution in [1.82, 2.24) is 4.90 Å². The highest BCUT2D eigenvalue weighted by atomic mass is 16.5. The fourth-order valence-corrected chi connectivity index (χ4v) is 4.15. The number of hydrogen-bond donors (Lipinski definition) is 1. The summed E-state index contributed by atoms with van der Waals surface area (Å²) in [6.45, 7) is 9.19. The molecule has 1 N–H and O–H groups in total. The molecule has 2 aromatic rings. The maximum Gasteiger partial charge on any atom is 0.295 e. The van der Waals surface area contributed by atoms with Gasteiger partial charge in [0.2, 0.25) is 0 Å². The minimum Gasteiger partial charge on any atom is -0.507 e. The third kappa shape index (κ3) is 5.44. The van der Waals surface area contributed by atoms with Crippen molar-refractivity contribution in [3.63, 3.8) is 0 Å². The lowest BCUT2D eigenvalue weighted by Gasteiger charge is -2.25. The van der Waals surface area contributed by atoms with E-state index in [9.17, 15) is 14.7 Å². The lowest BCUT2D eigenvalue weighted by molar-refractivity contribution is -0.139. The van der Waals surface area contributed by atoms with Crippen LogP contribution < -0.4 is 9.47 Å². The van der Waals surface area contributed by atoms with Crippen molar-refractivity contribution < 1.29 is 24.2 Å². The monoisotopic (exact) mass is 465 g/mol. The van der Waals surface area contributed by atoms with Crippen LogP contribution in [0.5, 0.6) is 11.5 Å². The molecule has 0 bridgehead atoms. The zero-order valence-electron chi connectivity index (χ0n) is 20.8. The van der Waals surface area contributed by atoms with Crippen molar-refractivity contribution in [3.8, 4) is 11.5 Å². The van der Waals surface area contributed by atoms with Crippen LogP contribution in [-0.4, -0.2) is 42.0 Å². The quantitative estimate of drug-likeness (QED) is 0.212. The molecule has 1 atom stereocenters. The molecule has 0 radical (unpaired) electrons. The van der Waals surface area contributed by atoms with Gasteiger partial charge in [-0.1, -0.05) is 45.7 Å². The maximum atomic E-state index is 13.1. The number of nitrogens with zero attached hydrogens (tertiary/aromatic N) is 1. The lowest BCUT2D eigenvalue weighted by atomic mass is 9.94. The Morgan fingerprint density at radius 3 is 2.38 bits per heavy atom. The molecule has 1 aliphatic rings. The van der Waals surface area contributed by atoms with E-state index in [0.29, 0.717) is 30.4 Å². The SMILES string of the molecule is CCCCCN1C(=O)C(=O)/C(=C(\O)c2ccc(OCC(C)C)c(C)c2)C1c1ccc(OC)cc1. The molecule has 1 heterocycles. The number of ether oxygens (including phenoxy) is 2. The number of carbonyl (C=O) groups is 2. The summed E-state index contributed by atoms with van der Waals surface area (Å²) in [5.41, 5.74) is 2.20. The Hall–Kier alpha value is -3.28. The molecule has 1 unspecified atom stereocenters. The molecule has 6 heteroatoms. The highest BCUT2D eigenvalue weighted by Crippen LogP contribution is 2.40. The van der Waals surface area contributed by atoms with E-state index in [1.807, 2.05) is 19.1 Å². The Kier molecular flexibility index (Phi) is 8.37. The molecule has 0 aromatic heterocycles. The number of amides is 1. The fraction of sp³-hybridized carbons (Fsp3) is 0.429. The number of likely N-dealkylation sites (tertiary alicyclic amines) is 1. The van der Waals surface area contributed by atoms with Crippen LogP contribution in [0.4, 0.5) is 0 Å². The Morgan fingerprint density at radius 1 is 1.09 bits per heavy atom. The zero-order valence-corrected chi connectivity index (χ0v) is 20.8. The number of aliphatic hydroxyl groups is 1. The smallest absolute Gasteiger partial charge is 0.295 e. The van der Waals surface area contributed by atoms with Crippen molar-refractivity contribution in [1.29, 1.82) is 0 Å². The number of carbonyl (C=O) groups excluding carboxylic acids is 2.